The Morgan fingerprint density at radius 2 is 1.91 bits per heavy atom. The van der Waals surface area contributed by atoms with Crippen LogP contribution in [0.5, 0.6) is 11.5 Å². The second-order valence-electron chi connectivity index (χ2n) is 7.84. The second kappa shape index (κ2) is 11.9. The number of nitrogens with zero attached hydrogens (tertiary/aromatic N) is 2. The van der Waals surface area contributed by atoms with E-state index in [-0.39, 0.29) is 30.0 Å². The van der Waals surface area contributed by atoms with Crippen LogP contribution in [0.2, 0.25) is 0 Å². The first-order valence-electron chi connectivity index (χ1n) is 11.4. The van der Waals surface area contributed by atoms with Crippen LogP contribution in [0.4, 0.5) is 10.1 Å². The van der Waals surface area contributed by atoms with Crippen LogP contribution in [-0.2, 0) is 0 Å². The first kappa shape index (κ1) is 25.5. The number of carbonyl (C=O) groups excluding carboxylic acids is 1. The summed E-state index contributed by atoms with van der Waals surface area (Å²) < 4.78 is 26.9. The largest absolute Gasteiger partial charge is 0.494 e. The summed E-state index contributed by atoms with van der Waals surface area (Å²) in [4.78, 5) is 13.5. The molecular weight excluding hydrogens is 459 g/mol. The quantitative estimate of drug-likeness (QED) is 0.469. The summed E-state index contributed by atoms with van der Waals surface area (Å²) in [6, 6.07) is 11.6. The number of ether oxygens (including phenoxy) is 2. The molecule has 0 bridgehead atoms. The predicted octanol–water partition coefficient (Wildman–Crippen LogP) is 4.95. The van der Waals surface area contributed by atoms with Crippen LogP contribution < -0.4 is 20.1 Å². The Labute approximate surface area is 205 Å². The molecule has 7 nitrogen and oxygen atoms in total. The van der Waals surface area contributed by atoms with Crippen molar-refractivity contribution in [3.63, 3.8) is 0 Å². The van der Waals surface area contributed by atoms with Gasteiger partial charge in [-0.25, -0.2) is 9.07 Å². The molecule has 1 saturated heterocycles. The van der Waals surface area contributed by atoms with E-state index in [9.17, 15) is 9.18 Å². The third-order valence-electron chi connectivity index (χ3n) is 5.64. The standard InChI is InChI=1S/C25H29FN4O3.ClH/c1-3-32-20-8-9-23(33-4-2)22(15-20)29-25(31)21-16-28-30(19-7-5-6-18(26)14-19)24(21)17-10-12-27-13-11-17;/h5-9,14-17,27H,3-4,10-13H2,1-2H3,(H,29,31);1H. The zero-order valence-corrected chi connectivity index (χ0v) is 20.2. The van der Waals surface area contributed by atoms with Gasteiger partial charge >= 0.3 is 0 Å². The number of aromatic nitrogens is 2. The van der Waals surface area contributed by atoms with Crippen LogP contribution in [0.1, 0.15) is 48.7 Å². The molecule has 0 radical (unpaired) electrons. The normalized spacial score (nSPS) is 13.7. The van der Waals surface area contributed by atoms with Crippen molar-refractivity contribution in [3.8, 4) is 17.2 Å². The summed E-state index contributed by atoms with van der Waals surface area (Å²) >= 11 is 0. The molecule has 2 aromatic carbocycles. The molecule has 3 aromatic rings. The average Bonchev–Trinajstić information content (AvgIpc) is 3.27. The van der Waals surface area contributed by atoms with Gasteiger partial charge in [0.05, 0.1) is 42.0 Å². The predicted molar refractivity (Wildman–Crippen MR) is 132 cm³/mol. The van der Waals surface area contributed by atoms with Crippen LogP contribution in [0, 0.1) is 5.82 Å². The van der Waals surface area contributed by atoms with Crippen LogP contribution in [0.25, 0.3) is 5.69 Å². The molecule has 0 aliphatic carbocycles. The van der Waals surface area contributed by atoms with Crippen LogP contribution in [-0.4, -0.2) is 42.0 Å². The van der Waals surface area contributed by atoms with Crippen LogP contribution >= 0.6 is 12.4 Å². The Balaban J connectivity index is 0.00000324. The molecule has 1 aromatic heterocycles. The average molecular weight is 489 g/mol. The van der Waals surface area contributed by atoms with Gasteiger partial charge in [0, 0.05) is 12.0 Å². The van der Waals surface area contributed by atoms with Crippen molar-refractivity contribution < 1.29 is 18.7 Å². The molecule has 182 valence electrons. The van der Waals surface area contributed by atoms with Gasteiger partial charge in [0.15, 0.2) is 0 Å². The van der Waals surface area contributed by atoms with Crippen molar-refractivity contribution in [2.45, 2.75) is 32.6 Å². The Bertz CT molecular complexity index is 1120. The van der Waals surface area contributed by atoms with Gasteiger partial charge in [0.2, 0.25) is 0 Å². The second-order valence-corrected chi connectivity index (χ2v) is 7.84. The molecule has 1 aliphatic rings. The minimum Gasteiger partial charge on any atom is -0.494 e. The lowest BCUT2D eigenvalue weighted by molar-refractivity contribution is 0.102. The molecule has 0 spiro atoms. The number of nitrogens with one attached hydrogen (secondary N) is 2. The molecule has 4 rings (SSSR count). The van der Waals surface area contributed by atoms with Gasteiger partial charge in [0.25, 0.3) is 5.91 Å². The number of halogens is 2. The van der Waals surface area contributed by atoms with Crippen molar-refractivity contribution in [3.05, 3.63) is 65.7 Å². The van der Waals surface area contributed by atoms with E-state index in [1.807, 2.05) is 19.9 Å². The van der Waals surface area contributed by atoms with Crippen LogP contribution in [0.3, 0.4) is 0 Å². The zero-order valence-electron chi connectivity index (χ0n) is 19.3. The number of benzene rings is 2. The highest BCUT2D eigenvalue weighted by Gasteiger charge is 2.27. The Morgan fingerprint density at radius 1 is 1.15 bits per heavy atom. The van der Waals surface area contributed by atoms with E-state index in [0.717, 1.165) is 31.6 Å². The Morgan fingerprint density at radius 3 is 2.62 bits per heavy atom. The molecule has 2 heterocycles. The fraction of sp³-hybridized carbons (Fsp3) is 0.360. The molecule has 2 N–H and O–H groups in total. The zero-order chi connectivity index (χ0) is 23.2. The minimum atomic E-state index is -0.348. The smallest absolute Gasteiger partial charge is 0.259 e. The third-order valence-corrected chi connectivity index (χ3v) is 5.64. The van der Waals surface area contributed by atoms with E-state index < -0.39 is 0 Å². The first-order chi connectivity index (χ1) is 16.1. The summed E-state index contributed by atoms with van der Waals surface area (Å²) in [6.45, 7) is 6.48. The lowest BCUT2D eigenvalue weighted by Gasteiger charge is -2.25. The van der Waals surface area contributed by atoms with E-state index in [0.29, 0.717) is 41.7 Å². The molecule has 9 heteroatoms. The summed E-state index contributed by atoms with van der Waals surface area (Å²) in [5.41, 5.74) is 2.38. The van der Waals surface area contributed by atoms with Gasteiger partial charge in [-0.15, -0.1) is 12.4 Å². The minimum absolute atomic E-state index is 0. The van der Waals surface area contributed by atoms with Crippen molar-refractivity contribution in [1.82, 2.24) is 15.1 Å². The summed E-state index contributed by atoms with van der Waals surface area (Å²) in [7, 11) is 0. The fourth-order valence-electron chi connectivity index (χ4n) is 4.17. The Hall–Kier alpha value is -3.10. The van der Waals surface area contributed by atoms with Crippen molar-refractivity contribution in [2.24, 2.45) is 0 Å². The Kier molecular flexibility index (Phi) is 8.90. The number of rotatable bonds is 8. The van der Waals surface area contributed by atoms with E-state index >= 15 is 0 Å². The van der Waals surface area contributed by atoms with Crippen molar-refractivity contribution in [2.75, 3.05) is 31.6 Å². The van der Waals surface area contributed by atoms with E-state index in [1.54, 1.807) is 35.1 Å². The van der Waals surface area contributed by atoms with E-state index in [2.05, 4.69) is 15.7 Å². The van der Waals surface area contributed by atoms with E-state index in [1.165, 1.54) is 12.1 Å². The first-order valence-corrected chi connectivity index (χ1v) is 11.4. The van der Waals surface area contributed by atoms with Gasteiger partial charge < -0.3 is 20.1 Å². The van der Waals surface area contributed by atoms with Gasteiger partial charge in [-0.1, -0.05) is 6.07 Å². The topological polar surface area (TPSA) is 77.4 Å². The summed E-state index contributed by atoms with van der Waals surface area (Å²) in [5, 5.41) is 10.8. The number of hydrogen-bond donors (Lipinski definition) is 2. The fourth-order valence-corrected chi connectivity index (χ4v) is 4.17. The monoisotopic (exact) mass is 488 g/mol. The van der Waals surface area contributed by atoms with Crippen LogP contribution in [0.15, 0.2) is 48.7 Å². The molecule has 1 fully saturated rings. The maximum Gasteiger partial charge on any atom is 0.259 e. The molecule has 1 amide bonds. The molecule has 0 saturated carbocycles. The molecule has 0 atom stereocenters. The van der Waals surface area contributed by atoms with Gasteiger partial charge in [-0.2, -0.15) is 5.10 Å². The highest BCUT2D eigenvalue weighted by Crippen LogP contribution is 2.33. The molecule has 1 aliphatic heterocycles. The molecule has 34 heavy (non-hydrogen) atoms. The molecule has 0 unspecified atom stereocenters. The number of piperidine rings is 1. The number of carbonyl (C=O) groups is 1. The lowest BCUT2D eigenvalue weighted by Crippen LogP contribution is -2.29. The SMILES string of the molecule is CCOc1ccc(OCC)c(NC(=O)c2cnn(-c3cccc(F)c3)c2C2CCNCC2)c1.Cl. The van der Waals surface area contributed by atoms with Crippen molar-refractivity contribution in [1.29, 1.82) is 0 Å². The highest BCUT2D eigenvalue weighted by molar-refractivity contribution is 6.06. The highest BCUT2D eigenvalue weighted by atomic mass is 35.5. The van der Waals surface area contributed by atoms with Gasteiger partial charge in [-0.3, -0.25) is 4.79 Å². The maximum atomic E-state index is 13.9. The number of amides is 1. The maximum absolute atomic E-state index is 13.9. The van der Waals surface area contributed by atoms with Crippen molar-refractivity contribution >= 4 is 24.0 Å². The van der Waals surface area contributed by atoms with Gasteiger partial charge in [0.1, 0.15) is 17.3 Å². The third kappa shape index (κ3) is 5.69. The number of hydrogen-bond acceptors (Lipinski definition) is 5. The van der Waals surface area contributed by atoms with E-state index in [4.69, 9.17) is 9.47 Å². The summed E-state index contributed by atoms with van der Waals surface area (Å²) in [6.07, 6.45) is 3.29. The number of anilines is 1. The van der Waals surface area contributed by atoms with Gasteiger partial charge in [-0.05, 0) is 70.1 Å². The lowest BCUT2D eigenvalue weighted by atomic mass is 9.91. The molecular formula is C25H30ClFN4O3. The summed E-state index contributed by atoms with van der Waals surface area (Å²) in [5.74, 6) is 0.694.